The second-order valence-corrected chi connectivity index (χ2v) is 5.14. The van der Waals surface area contributed by atoms with Gasteiger partial charge in [-0.05, 0) is 30.5 Å². The van der Waals surface area contributed by atoms with E-state index in [-0.39, 0.29) is 0 Å². The van der Waals surface area contributed by atoms with Crippen LogP contribution >= 0.6 is 0 Å². The van der Waals surface area contributed by atoms with Crippen LogP contribution < -0.4 is 5.73 Å². The highest BCUT2D eigenvalue weighted by Gasteiger charge is 2.19. The molecule has 0 amide bonds. The molecule has 0 spiro atoms. The van der Waals surface area contributed by atoms with Gasteiger partial charge in [-0.25, -0.2) is 0 Å². The molecule has 4 heteroatoms. The van der Waals surface area contributed by atoms with E-state index < -0.39 is 6.10 Å². The zero-order valence-electron chi connectivity index (χ0n) is 12.9. The number of anilines is 1. The molecule has 1 atom stereocenters. The highest BCUT2D eigenvalue weighted by molar-refractivity contribution is 5.41. The van der Waals surface area contributed by atoms with Crippen LogP contribution in [0.4, 0.5) is 5.69 Å². The highest BCUT2D eigenvalue weighted by Crippen LogP contribution is 2.19. The first-order valence-electron chi connectivity index (χ1n) is 7.38. The average Bonchev–Trinajstić information content (AvgIpc) is 2.45. The first-order valence-corrected chi connectivity index (χ1v) is 7.38. The Kier molecular flexibility index (Phi) is 7.59. The molecule has 1 aromatic carbocycles. The summed E-state index contributed by atoms with van der Waals surface area (Å²) in [6, 6.07) is 7.94. The van der Waals surface area contributed by atoms with Gasteiger partial charge in [-0.1, -0.05) is 26.0 Å². The molecule has 1 unspecified atom stereocenters. The van der Waals surface area contributed by atoms with E-state index in [1.807, 2.05) is 24.3 Å². The van der Waals surface area contributed by atoms with Gasteiger partial charge in [0, 0.05) is 31.9 Å². The van der Waals surface area contributed by atoms with Crippen LogP contribution in [0.15, 0.2) is 24.3 Å². The maximum atomic E-state index is 10.4. The summed E-state index contributed by atoms with van der Waals surface area (Å²) in [5.74, 6) is 0. The number of nitrogens with zero attached hydrogens (tertiary/aromatic N) is 1. The lowest BCUT2D eigenvalue weighted by Crippen LogP contribution is -2.39. The van der Waals surface area contributed by atoms with Crippen molar-refractivity contribution < 1.29 is 9.84 Å². The summed E-state index contributed by atoms with van der Waals surface area (Å²) in [4.78, 5) is 2.30. The minimum Gasteiger partial charge on any atom is -0.399 e. The molecule has 0 aliphatic rings. The van der Waals surface area contributed by atoms with Crippen LogP contribution in [-0.2, 0) is 4.74 Å². The third kappa shape index (κ3) is 5.12. The van der Waals surface area contributed by atoms with Gasteiger partial charge >= 0.3 is 0 Å². The van der Waals surface area contributed by atoms with Crippen molar-refractivity contribution in [3.05, 3.63) is 29.8 Å². The van der Waals surface area contributed by atoms with E-state index in [4.69, 9.17) is 10.5 Å². The van der Waals surface area contributed by atoms with Crippen LogP contribution in [-0.4, -0.2) is 42.9 Å². The zero-order chi connectivity index (χ0) is 15.0. The lowest BCUT2D eigenvalue weighted by atomic mass is 10.1. The Morgan fingerprint density at radius 2 is 2.00 bits per heavy atom. The average molecular weight is 280 g/mol. The standard InChI is InChI=1S/C16H28N2O2/c1-4-15(5-2)18(9-10-20-3)12-16(19)13-7-6-8-14(17)11-13/h6-8,11,15-16,19H,4-5,9-10,12,17H2,1-3H3. The number of benzene rings is 1. The second-order valence-electron chi connectivity index (χ2n) is 5.14. The topological polar surface area (TPSA) is 58.7 Å². The minimum atomic E-state index is -0.518. The second kappa shape index (κ2) is 8.95. The van der Waals surface area contributed by atoms with Crippen LogP contribution in [0.5, 0.6) is 0 Å². The lowest BCUT2D eigenvalue weighted by Gasteiger charge is -2.32. The van der Waals surface area contributed by atoms with Crippen LogP contribution in [0, 0.1) is 0 Å². The van der Waals surface area contributed by atoms with Gasteiger partial charge in [-0.2, -0.15) is 0 Å². The largest absolute Gasteiger partial charge is 0.399 e. The van der Waals surface area contributed by atoms with Gasteiger partial charge in [0.25, 0.3) is 0 Å². The normalized spacial score (nSPS) is 13.1. The van der Waals surface area contributed by atoms with E-state index in [1.165, 1.54) is 0 Å². The van der Waals surface area contributed by atoms with Gasteiger partial charge in [-0.3, -0.25) is 4.90 Å². The molecule has 0 aromatic heterocycles. The van der Waals surface area contributed by atoms with Crippen LogP contribution in [0.2, 0.25) is 0 Å². The molecular weight excluding hydrogens is 252 g/mol. The molecule has 114 valence electrons. The molecule has 1 rings (SSSR count). The van der Waals surface area contributed by atoms with E-state index in [2.05, 4.69) is 18.7 Å². The fourth-order valence-corrected chi connectivity index (χ4v) is 2.53. The summed E-state index contributed by atoms with van der Waals surface area (Å²) in [7, 11) is 1.71. The summed E-state index contributed by atoms with van der Waals surface area (Å²) in [5.41, 5.74) is 7.34. The first kappa shape index (κ1) is 17.0. The summed E-state index contributed by atoms with van der Waals surface area (Å²) < 4.78 is 5.17. The predicted octanol–water partition coefficient (Wildman–Crippen LogP) is 2.44. The van der Waals surface area contributed by atoms with Crippen LogP contribution in [0.25, 0.3) is 0 Å². The van der Waals surface area contributed by atoms with E-state index in [1.54, 1.807) is 7.11 Å². The highest BCUT2D eigenvalue weighted by atomic mass is 16.5. The van der Waals surface area contributed by atoms with Gasteiger partial charge in [-0.15, -0.1) is 0 Å². The molecule has 0 saturated carbocycles. The van der Waals surface area contributed by atoms with E-state index >= 15 is 0 Å². The van der Waals surface area contributed by atoms with Crippen molar-refractivity contribution >= 4 is 5.69 Å². The quantitative estimate of drug-likeness (QED) is 0.682. The van der Waals surface area contributed by atoms with Crippen LogP contribution in [0.1, 0.15) is 38.4 Å². The zero-order valence-corrected chi connectivity index (χ0v) is 12.9. The number of methoxy groups -OCH3 is 1. The third-order valence-corrected chi connectivity index (χ3v) is 3.74. The van der Waals surface area contributed by atoms with Gasteiger partial charge in [0.2, 0.25) is 0 Å². The lowest BCUT2D eigenvalue weighted by molar-refractivity contribution is 0.0608. The van der Waals surface area contributed by atoms with E-state index in [9.17, 15) is 5.11 Å². The number of ether oxygens (including phenoxy) is 1. The van der Waals surface area contributed by atoms with Crippen molar-refractivity contribution in [1.29, 1.82) is 0 Å². The van der Waals surface area contributed by atoms with E-state index in [0.29, 0.717) is 24.9 Å². The van der Waals surface area contributed by atoms with Crippen molar-refractivity contribution in [1.82, 2.24) is 4.90 Å². The molecule has 0 saturated heterocycles. The minimum absolute atomic E-state index is 0.473. The summed E-state index contributed by atoms with van der Waals surface area (Å²) in [5, 5.41) is 10.4. The number of nitrogens with two attached hydrogens (primary N) is 1. The molecule has 0 fully saturated rings. The summed E-state index contributed by atoms with van der Waals surface area (Å²) in [6.07, 6.45) is 1.63. The molecule has 0 radical (unpaired) electrons. The molecule has 0 aliphatic carbocycles. The third-order valence-electron chi connectivity index (χ3n) is 3.74. The Morgan fingerprint density at radius 3 is 2.55 bits per heavy atom. The fourth-order valence-electron chi connectivity index (χ4n) is 2.53. The molecule has 0 bridgehead atoms. The molecule has 3 N–H and O–H groups in total. The van der Waals surface area contributed by atoms with Crippen LogP contribution in [0.3, 0.4) is 0 Å². The number of rotatable bonds is 9. The Labute approximate surface area is 122 Å². The maximum absolute atomic E-state index is 10.4. The molecule has 0 aliphatic heterocycles. The Balaban J connectivity index is 2.72. The molecular formula is C16H28N2O2. The predicted molar refractivity (Wildman–Crippen MR) is 83.6 cm³/mol. The van der Waals surface area contributed by atoms with Gasteiger partial charge < -0.3 is 15.6 Å². The van der Waals surface area contributed by atoms with Crippen molar-refractivity contribution in [3.8, 4) is 0 Å². The monoisotopic (exact) mass is 280 g/mol. The Bertz CT molecular complexity index is 380. The summed E-state index contributed by atoms with van der Waals surface area (Å²) >= 11 is 0. The van der Waals surface area contributed by atoms with Crippen molar-refractivity contribution in [2.75, 3.05) is 32.5 Å². The van der Waals surface area contributed by atoms with E-state index in [0.717, 1.165) is 24.9 Å². The first-order chi connectivity index (χ1) is 9.62. The van der Waals surface area contributed by atoms with Gasteiger partial charge in [0.05, 0.1) is 12.7 Å². The molecule has 1 aromatic rings. The van der Waals surface area contributed by atoms with Crippen molar-refractivity contribution in [3.63, 3.8) is 0 Å². The van der Waals surface area contributed by atoms with Gasteiger partial charge in [0.15, 0.2) is 0 Å². The number of hydrogen-bond donors (Lipinski definition) is 2. The maximum Gasteiger partial charge on any atom is 0.0917 e. The van der Waals surface area contributed by atoms with Crippen molar-refractivity contribution in [2.45, 2.75) is 38.8 Å². The van der Waals surface area contributed by atoms with Gasteiger partial charge in [0.1, 0.15) is 0 Å². The molecule has 0 heterocycles. The van der Waals surface area contributed by atoms with Crippen molar-refractivity contribution in [2.24, 2.45) is 0 Å². The smallest absolute Gasteiger partial charge is 0.0917 e. The number of nitrogen functional groups attached to an aromatic ring is 1. The fraction of sp³-hybridized carbons (Fsp3) is 0.625. The molecule has 20 heavy (non-hydrogen) atoms. The Hall–Kier alpha value is -1.10. The Morgan fingerprint density at radius 1 is 1.30 bits per heavy atom. The molecule has 4 nitrogen and oxygen atoms in total. The number of aliphatic hydroxyl groups is 1. The summed E-state index contributed by atoms with van der Waals surface area (Å²) in [6.45, 7) is 6.49. The SMILES string of the molecule is CCC(CC)N(CCOC)CC(O)c1cccc(N)c1. The number of hydrogen-bond acceptors (Lipinski definition) is 4. The number of aliphatic hydroxyl groups excluding tert-OH is 1.